The van der Waals surface area contributed by atoms with Crippen molar-refractivity contribution in [3.63, 3.8) is 0 Å². The highest BCUT2D eigenvalue weighted by Crippen LogP contribution is 2.29. The van der Waals surface area contributed by atoms with Crippen molar-refractivity contribution >= 4 is 11.0 Å². The molecule has 1 aromatic carbocycles. The summed E-state index contributed by atoms with van der Waals surface area (Å²) in [6.45, 7) is 2.98. The Bertz CT molecular complexity index is 1020. The molecule has 5 heteroatoms. The first-order valence-corrected chi connectivity index (χ1v) is 6.98. The zero-order chi connectivity index (χ0) is 18.5. The van der Waals surface area contributed by atoms with Crippen molar-refractivity contribution in [1.29, 1.82) is 0 Å². The summed E-state index contributed by atoms with van der Waals surface area (Å²) in [6.07, 6.45) is 2.73. The van der Waals surface area contributed by atoms with Gasteiger partial charge in [-0.3, -0.25) is 9.48 Å². The molecule has 3 aromatic rings. The van der Waals surface area contributed by atoms with Gasteiger partial charge in [-0.15, -0.1) is 0 Å². The van der Waals surface area contributed by atoms with Crippen LogP contribution >= 0.6 is 0 Å². The molecule has 0 saturated carbocycles. The highest BCUT2D eigenvalue weighted by atomic mass is 16.3. The average molecular weight is 300 g/mol. The Morgan fingerprint density at radius 2 is 2.18 bits per heavy atom. The van der Waals surface area contributed by atoms with Gasteiger partial charge in [-0.05, 0) is 32.4 Å². The lowest BCUT2D eigenvalue weighted by atomic mass is 10.00. The van der Waals surface area contributed by atoms with Gasteiger partial charge in [0.2, 0.25) is 0 Å². The molecule has 0 amide bonds. The number of aryl methyl sites for hydroxylation is 2. The molecule has 2 aromatic heterocycles. The minimum absolute atomic E-state index is 0.163. The number of benzene rings is 1. The van der Waals surface area contributed by atoms with E-state index in [2.05, 4.69) is 5.10 Å². The van der Waals surface area contributed by atoms with E-state index in [1.165, 1.54) is 12.4 Å². The van der Waals surface area contributed by atoms with Gasteiger partial charge in [0.15, 0.2) is 5.43 Å². The molecule has 0 bridgehead atoms. The lowest BCUT2D eigenvalue weighted by molar-refractivity contribution is 0.603. The second kappa shape index (κ2) is 5.10. The number of nitrogens with two attached hydrogens (primary N) is 1. The van der Waals surface area contributed by atoms with Gasteiger partial charge in [-0.25, -0.2) is 0 Å². The molecule has 0 saturated heterocycles. The smallest absolute Gasteiger partial charge is 0.196 e. The van der Waals surface area contributed by atoms with E-state index in [1.54, 1.807) is 13.0 Å². The summed E-state index contributed by atoms with van der Waals surface area (Å²) in [6, 6.07) is 3.35. The van der Waals surface area contributed by atoms with E-state index in [4.69, 9.17) is 14.3 Å². The maximum absolute atomic E-state index is 12.8. The summed E-state index contributed by atoms with van der Waals surface area (Å²) in [7, 11) is 0. The molecule has 0 aliphatic carbocycles. The summed E-state index contributed by atoms with van der Waals surface area (Å²) in [5, 5.41) is 4.32. The van der Waals surface area contributed by atoms with Gasteiger partial charge in [-0.1, -0.05) is 6.07 Å². The predicted octanol–water partition coefficient (Wildman–Crippen LogP) is 2.83. The summed E-state index contributed by atoms with van der Waals surface area (Å²) in [5.41, 5.74) is 8.79. The number of nitrogens with zero attached hydrogens (tertiary/aromatic N) is 2. The van der Waals surface area contributed by atoms with Gasteiger partial charge >= 0.3 is 0 Å². The molecule has 0 radical (unpaired) electrons. The van der Waals surface area contributed by atoms with E-state index in [-0.39, 0.29) is 11.5 Å². The molecule has 1 unspecified atom stereocenters. The van der Waals surface area contributed by atoms with Crippen molar-refractivity contribution in [3.8, 4) is 11.3 Å². The van der Waals surface area contributed by atoms with Crippen molar-refractivity contribution in [2.24, 2.45) is 12.7 Å². The average Bonchev–Trinajstić information content (AvgIpc) is 3.00. The Morgan fingerprint density at radius 3 is 2.82 bits per heavy atom. The first kappa shape index (κ1) is 11.2. The van der Waals surface area contributed by atoms with Crippen LogP contribution < -0.4 is 11.2 Å². The normalized spacial score (nSPS) is 15.4. The molecule has 22 heavy (non-hydrogen) atoms. The Balaban J connectivity index is 2.32. The van der Waals surface area contributed by atoms with Gasteiger partial charge in [-0.2, -0.15) is 5.10 Å². The van der Waals surface area contributed by atoms with Crippen molar-refractivity contribution < 1.29 is 8.53 Å². The molecule has 1 atom stereocenters. The van der Waals surface area contributed by atoms with E-state index >= 15 is 0 Å². The van der Waals surface area contributed by atoms with E-state index in [9.17, 15) is 4.79 Å². The fraction of sp³-hybridized carbons (Fsp3) is 0.294. The van der Waals surface area contributed by atoms with Crippen LogP contribution in [-0.2, 0) is 6.98 Å². The summed E-state index contributed by atoms with van der Waals surface area (Å²) in [5.74, 6) is 0.304. The number of hydrogen-bond donors (Lipinski definition) is 1. The molecular formula is C17H19N3O2. The highest BCUT2D eigenvalue weighted by Gasteiger charge is 2.17. The Kier molecular flexibility index (Phi) is 2.60. The summed E-state index contributed by atoms with van der Waals surface area (Å²) >= 11 is 0. The van der Waals surface area contributed by atoms with Gasteiger partial charge in [0, 0.05) is 34.5 Å². The molecule has 3 rings (SSSR count). The van der Waals surface area contributed by atoms with Crippen molar-refractivity contribution in [1.82, 2.24) is 9.78 Å². The van der Waals surface area contributed by atoms with Crippen LogP contribution in [0.15, 0.2) is 33.7 Å². The van der Waals surface area contributed by atoms with Crippen molar-refractivity contribution in [3.05, 3.63) is 51.4 Å². The van der Waals surface area contributed by atoms with Crippen LogP contribution in [-0.4, -0.2) is 9.78 Å². The first-order valence-electron chi connectivity index (χ1n) is 8.48. The Hall–Kier alpha value is -2.40. The number of aromatic nitrogens is 2. The van der Waals surface area contributed by atoms with Gasteiger partial charge < -0.3 is 10.2 Å². The number of hydrogen-bond acceptors (Lipinski definition) is 4. The quantitative estimate of drug-likeness (QED) is 0.789. The number of fused-ring (bicyclic) bond motifs is 1. The van der Waals surface area contributed by atoms with E-state index in [0.717, 1.165) is 15.8 Å². The molecule has 114 valence electrons. The fourth-order valence-electron chi connectivity index (χ4n) is 2.62. The standard InChI is InChI=1S/C17H19N3O2/c1-9-5-13(11(3)18)17-14(6-9)15(21)10(2)16(22-17)12-7-19-20(4)8-12/h5-8,11H,18H2,1-4H3/i4D3. The second-order valence-corrected chi connectivity index (χ2v) is 5.58. The van der Waals surface area contributed by atoms with Crippen LogP contribution in [0.3, 0.4) is 0 Å². The first-order chi connectivity index (χ1) is 11.6. The summed E-state index contributed by atoms with van der Waals surface area (Å²) < 4.78 is 29.1. The number of rotatable bonds is 2. The van der Waals surface area contributed by atoms with Crippen molar-refractivity contribution in [2.45, 2.75) is 26.8 Å². The van der Waals surface area contributed by atoms with Crippen molar-refractivity contribution in [2.75, 3.05) is 0 Å². The third kappa shape index (κ3) is 2.23. The van der Waals surface area contributed by atoms with Crippen LogP contribution in [0.5, 0.6) is 0 Å². The lowest BCUT2D eigenvalue weighted by Crippen LogP contribution is -2.12. The largest absolute Gasteiger partial charge is 0.455 e. The lowest BCUT2D eigenvalue weighted by Gasteiger charge is -2.12. The van der Waals surface area contributed by atoms with Gasteiger partial charge in [0.05, 0.1) is 17.1 Å². The summed E-state index contributed by atoms with van der Waals surface area (Å²) in [4.78, 5) is 12.8. The van der Waals surface area contributed by atoms with Gasteiger partial charge in [0.25, 0.3) is 0 Å². The third-order valence-electron chi connectivity index (χ3n) is 3.73. The SMILES string of the molecule is [2H]C([2H])([2H])n1cc(-c2oc3c(C(C)N)cc(C)cc3c(=O)c2C)cn1. The van der Waals surface area contributed by atoms with Crippen LogP contribution in [0.1, 0.15) is 33.8 Å². The monoisotopic (exact) mass is 300 g/mol. The zero-order valence-electron chi connectivity index (χ0n) is 15.7. The molecule has 5 nitrogen and oxygen atoms in total. The molecule has 2 heterocycles. The molecule has 0 aliphatic rings. The predicted molar refractivity (Wildman–Crippen MR) is 86.8 cm³/mol. The Morgan fingerprint density at radius 1 is 1.41 bits per heavy atom. The Labute approximate surface area is 132 Å². The van der Waals surface area contributed by atoms with E-state index < -0.39 is 6.98 Å². The second-order valence-electron chi connectivity index (χ2n) is 5.58. The topological polar surface area (TPSA) is 74.1 Å². The van der Waals surface area contributed by atoms with Crippen LogP contribution in [0.25, 0.3) is 22.3 Å². The van der Waals surface area contributed by atoms with Crippen LogP contribution in [0, 0.1) is 13.8 Å². The van der Waals surface area contributed by atoms with E-state index in [1.807, 2.05) is 19.9 Å². The molecule has 0 fully saturated rings. The highest BCUT2D eigenvalue weighted by molar-refractivity contribution is 5.84. The third-order valence-corrected chi connectivity index (χ3v) is 3.73. The molecule has 0 spiro atoms. The molecule has 0 aliphatic heterocycles. The minimum Gasteiger partial charge on any atom is -0.455 e. The zero-order valence-corrected chi connectivity index (χ0v) is 12.7. The molecule has 2 N–H and O–H groups in total. The van der Waals surface area contributed by atoms with Crippen LogP contribution in [0.2, 0.25) is 0 Å². The fourth-order valence-corrected chi connectivity index (χ4v) is 2.62. The maximum atomic E-state index is 12.8. The molecular weight excluding hydrogens is 278 g/mol. The minimum atomic E-state index is -2.39. The van der Waals surface area contributed by atoms with Crippen LogP contribution in [0.4, 0.5) is 0 Å². The maximum Gasteiger partial charge on any atom is 0.196 e. The van der Waals surface area contributed by atoms with Gasteiger partial charge in [0.1, 0.15) is 11.3 Å². The van der Waals surface area contributed by atoms with E-state index in [0.29, 0.717) is 27.9 Å².